The van der Waals surface area contributed by atoms with Gasteiger partial charge in [0.2, 0.25) is 0 Å². The third kappa shape index (κ3) is 2.05. The van der Waals surface area contributed by atoms with Gasteiger partial charge in [0.05, 0.1) is 5.69 Å². The lowest BCUT2D eigenvalue weighted by molar-refractivity contribution is 0.112. The van der Waals surface area contributed by atoms with E-state index in [-0.39, 0.29) is 5.82 Å². The van der Waals surface area contributed by atoms with E-state index in [1.807, 2.05) is 6.92 Å². The Labute approximate surface area is 107 Å². The highest BCUT2D eigenvalue weighted by Gasteiger charge is 2.13. The average Bonchev–Trinajstić information content (AvgIpc) is 2.55. The van der Waals surface area contributed by atoms with Crippen molar-refractivity contribution in [2.45, 2.75) is 13.8 Å². The summed E-state index contributed by atoms with van der Waals surface area (Å²) >= 11 is 3.22. The fourth-order valence-electron chi connectivity index (χ4n) is 1.94. The van der Waals surface area contributed by atoms with Crippen molar-refractivity contribution in [1.82, 2.24) is 4.57 Å². The smallest absolute Gasteiger partial charge is 0.151 e. The second kappa shape index (κ2) is 4.45. The molecule has 0 amide bonds. The molecule has 0 aliphatic carbocycles. The largest absolute Gasteiger partial charge is 0.315 e. The number of aromatic nitrogens is 1. The average molecular weight is 296 g/mol. The summed E-state index contributed by atoms with van der Waals surface area (Å²) < 4.78 is 16.3. The first kappa shape index (κ1) is 12.0. The van der Waals surface area contributed by atoms with Crippen LogP contribution in [0.2, 0.25) is 0 Å². The Bertz CT molecular complexity index is 589. The summed E-state index contributed by atoms with van der Waals surface area (Å²) in [7, 11) is 0. The Kier molecular flexibility index (Phi) is 3.15. The van der Waals surface area contributed by atoms with Crippen molar-refractivity contribution in [1.29, 1.82) is 0 Å². The number of hydrogen-bond donors (Lipinski definition) is 0. The molecule has 0 fully saturated rings. The van der Waals surface area contributed by atoms with Crippen LogP contribution in [0.15, 0.2) is 28.7 Å². The van der Waals surface area contributed by atoms with E-state index >= 15 is 0 Å². The molecule has 0 unspecified atom stereocenters. The predicted octanol–water partition coefficient (Wildman–Crippen LogP) is 3.81. The summed E-state index contributed by atoms with van der Waals surface area (Å²) in [5.41, 5.74) is 2.63. The number of carbonyl (C=O) groups is 1. The van der Waals surface area contributed by atoms with Crippen LogP contribution >= 0.6 is 15.9 Å². The normalized spacial score (nSPS) is 10.6. The lowest BCUT2D eigenvalue weighted by Crippen LogP contribution is -2.02. The Morgan fingerprint density at radius 2 is 2.00 bits per heavy atom. The molecule has 0 bridgehead atoms. The van der Waals surface area contributed by atoms with E-state index in [2.05, 4.69) is 15.9 Å². The highest BCUT2D eigenvalue weighted by atomic mass is 79.9. The fourth-order valence-corrected chi connectivity index (χ4v) is 2.27. The summed E-state index contributed by atoms with van der Waals surface area (Å²) in [6.07, 6.45) is 0.787. The molecular formula is C13H11BrFNO. The van der Waals surface area contributed by atoms with Crippen LogP contribution in [0, 0.1) is 19.7 Å². The van der Waals surface area contributed by atoms with Crippen molar-refractivity contribution in [3.05, 3.63) is 51.5 Å². The number of halogens is 2. The number of benzene rings is 1. The first-order valence-corrected chi connectivity index (χ1v) is 5.93. The van der Waals surface area contributed by atoms with Crippen molar-refractivity contribution >= 4 is 22.2 Å². The molecule has 0 saturated heterocycles. The summed E-state index contributed by atoms with van der Waals surface area (Å²) in [5.74, 6) is -0.321. The number of carbonyl (C=O) groups excluding carboxylic acids is 1. The van der Waals surface area contributed by atoms with Gasteiger partial charge in [0.25, 0.3) is 0 Å². The van der Waals surface area contributed by atoms with E-state index in [9.17, 15) is 9.18 Å². The molecule has 2 aromatic rings. The zero-order chi connectivity index (χ0) is 12.6. The van der Waals surface area contributed by atoms with Crippen molar-refractivity contribution in [3.63, 3.8) is 0 Å². The molecule has 17 heavy (non-hydrogen) atoms. The monoisotopic (exact) mass is 295 g/mol. The summed E-state index contributed by atoms with van der Waals surface area (Å²) in [4.78, 5) is 10.8. The maximum absolute atomic E-state index is 13.9. The van der Waals surface area contributed by atoms with E-state index in [0.717, 1.165) is 17.7 Å². The van der Waals surface area contributed by atoms with Gasteiger partial charge < -0.3 is 4.57 Å². The summed E-state index contributed by atoms with van der Waals surface area (Å²) in [5, 5.41) is 0. The zero-order valence-corrected chi connectivity index (χ0v) is 11.1. The molecule has 2 nitrogen and oxygen atoms in total. The fraction of sp³-hybridized carbons (Fsp3) is 0.154. The van der Waals surface area contributed by atoms with E-state index in [1.165, 1.54) is 6.07 Å². The van der Waals surface area contributed by atoms with Crippen molar-refractivity contribution in [2.24, 2.45) is 0 Å². The third-order valence-electron chi connectivity index (χ3n) is 2.75. The molecule has 0 aliphatic rings. The van der Waals surface area contributed by atoms with Gasteiger partial charge in [0, 0.05) is 21.4 Å². The second-order valence-corrected chi connectivity index (χ2v) is 4.79. The molecule has 0 atom stereocenters. The summed E-state index contributed by atoms with van der Waals surface area (Å²) in [6, 6.07) is 6.63. The number of nitrogens with zero attached hydrogens (tertiary/aromatic N) is 1. The highest BCUT2D eigenvalue weighted by Crippen LogP contribution is 2.24. The molecule has 0 saturated carbocycles. The Hall–Kier alpha value is -1.42. The standard InChI is InChI=1S/C13H11BrFNO/c1-8-5-10(7-17)9(2)16(8)13-4-3-11(14)6-12(13)15/h3-7H,1-2H3. The molecule has 0 N–H and O–H groups in total. The number of rotatable bonds is 2. The molecular weight excluding hydrogens is 285 g/mol. The van der Waals surface area contributed by atoms with Gasteiger partial charge in [0.1, 0.15) is 5.82 Å². The van der Waals surface area contributed by atoms with Crippen LogP contribution in [0.4, 0.5) is 4.39 Å². The molecule has 0 radical (unpaired) electrons. The Balaban J connectivity index is 2.68. The molecule has 1 heterocycles. The van der Waals surface area contributed by atoms with Gasteiger partial charge in [-0.1, -0.05) is 15.9 Å². The van der Waals surface area contributed by atoms with Crippen molar-refractivity contribution < 1.29 is 9.18 Å². The van der Waals surface area contributed by atoms with E-state index in [4.69, 9.17) is 0 Å². The Morgan fingerprint density at radius 3 is 2.53 bits per heavy atom. The van der Waals surface area contributed by atoms with E-state index in [0.29, 0.717) is 15.7 Å². The maximum atomic E-state index is 13.9. The van der Waals surface area contributed by atoms with Crippen molar-refractivity contribution in [2.75, 3.05) is 0 Å². The van der Waals surface area contributed by atoms with Gasteiger partial charge in [-0.15, -0.1) is 0 Å². The van der Waals surface area contributed by atoms with Crippen molar-refractivity contribution in [3.8, 4) is 5.69 Å². The van der Waals surface area contributed by atoms with Gasteiger partial charge in [-0.05, 0) is 38.1 Å². The first-order chi connectivity index (χ1) is 8.04. The second-order valence-electron chi connectivity index (χ2n) is 3.88. The lowest BCUT2D eigenvalue weighted by atomic mass is 10.2. The van der Waals surface area contributed by atoms with Crippen LogP contribution in [0.3, 0.4) is 0 Å². The highest BCUT2D eigenvalue weighted by molar-refractivity contribution is 9.10. The van der Waals surface area contributed by atoms with Gasteiger partial charge >= 0.3 is 0 Å². The molecule has 0 aliphatic heterocycles. The predicted molar refractivity (Wildman–Crippen MR) is 68.3 cm³/mol. The Morgan fingerprint density at radius 1 is 1.29 bits per heavy atom. The SMILES string of the molecule is Cc1cc(C=O)c(C)n1-c1ccc(Br)cc1F. The van der Waals surface area contributed by atoms with Gasteiger partial charge in [0.15, 0.2) is 6.29 Å². The molecule has 88 valence electrons. The minimum Gasteiger partial charge on any atom is -0.315 e. The minimum atomic E-state index is -0.321. The van der Waals surface area contributed by atoms with Gasteiger partial charge in [-0.25, -0.2) is 4.39 Å². The van der Waals surface area contributed by atoms with Crippen LogP contribution in [-0.2, 0) is 0 Å². The van der Waals surface area contributed by atoms with Crippen LogP contribution in [0.5, 0.6) is 0 Å². The summed E-state index contributed by atoms with van der Waals surface area (Å²) in [6.45, 7) is 3.65. The molecule has 1 aromatic carbocycles. The molecule has 0 spiro atoms. The van der Waals surface area contributed by atoms with Crippen LogP contribution in [0.25, 0.3) is 5.69 Å². The van der Waals surface area contributed by atoms with Crippen LogP contribution < -0.4 is 0 Å². The zero-order valence-electron chi connectivity index (χ0n) is 9.50. The first-order valence-electron chi connectivity index (χ1n) is 5.14. The maximum Gasteiger partial charge on any atom is 0.151 e. The topological polar surface area (TPSA) is 22.0 Å². The third-order valence-corrected chi connectivity index (χ3v) is 3.24. The van der Waals surface area contributed by atoms with Crippen LogP contribution in [0.1, 0.15) is 21.7 Å². The van der Waals surface area contributed by atoms with Gasteiger partial charge in [-0.2, -0.15) is 0 Å². The van der Waals surface area contributed by atoms with E-state index in [1.54, 1.807) is 29.7 Å². The molecule has 1 aromatic heterocycles. The van der Waals surface area contributed by atoms with Crippen LogP contribution in [-0.4, -0.2) is 10.9 Å². The van der Waals surface area contributed by atoms with Gasteiger partial charge in [-0.3, -0.25) is 4.79 Å². The number of hydrogen-bond acceptors (Lipinski definition) is 1. The number of aryl methyl sites for hydroxylation is 1. The van der Waals surface area contributed by atoms with E-state index < -0.39 is 0 Å². The minimum absolute atomic E-state index is 0.321. The molecule has 2 rings (SSSR count). The molecule has 4 heteroatoms. The number of aldehydes is 1. The quantitative estimate of drug-likeness (QED) is 0.772. The lowest BCUT2D eigenvalue weighted by Gasteiger charge is -2.10.